The first kappa shape index (κ1) is 19.9. The Morgan fingerprint density at radius 2 is 2.00 bits per heavy atom. The van der Waals surface area contributed by atoms with Gasteiger partial charge in [-0.3, -0.25) is 19.0 Å². The van der Waals surface area contributed by atoms with Gasteiger partial charge >= 0.3 is 5.69 Å². The van der Waals surface area contributed by atoms with Crippen LogP contribution >= 0.6 is 0 Å². The van der Waals surface area contributed by atoms with Crippen LogP contribution in [0.4, 0.5) is 4.39 Å². The summed E-state index contributed by atoms with van der Waals surface area (Å²) in [7, 11) is 0. The fraction of sp³-hybridized carbons (Fsp3) is 0.211. The van der Waals surface area contributed by atoms with Gasteiger partial charge in [0.2, 0.25) is 0 Å². The topological polar surface area (TPSA) is 119 Å². The lowest BCUT2D eigenvalue weighted by Gasteiger charge is -2.09. The highest BCUT2D eigenvalue weighted by Gasteiger charge is 2.17. The van der Waals surface area contributed by atoms with Crippen molar-refractivity contribution < 1.29 is 9.18 Å². The predicted molar refractivity (Wildman–Crippen MR) is 103 cm³/mol. The van der Waals surface area contributed by atoms with Crippen LogP contribution in [0, 0.1) is 5.82 Å². The molecule has 1 amide bonds. The Hall–Kier alpha value is -3.82. The van der Waals surface area contributed by atoms with Crippen molar-refractivity contribution in [2.75, 3.05) is 6.54 Å². The van der Waals surface area contributed by atoms with E-state index in [1.54, 1.807) is 0 Å². The first-order valence-corrected chi connectivity index (χ1v) is 8.85. The van der Waals surface area contributed by atoms with E-state index in [0.717, 1.165) is 12.3 Å². The van der Waals surface area contributed by atoms with Crippen LogP contribution in [0.1, 0.15) is 23.0 Å². The highest BCUT2D eigenvalue weighted by Crippen LogP contribution is 2.08. The summed E-state index contributed by atoms with van der Waals surface area (Å²) in [5.74, 6) is -1.54. The van der Waals surface area contributed by atoms with Gasteiger partial charge in [-0.25, -0.2) is 18.7 Å². The SMILES string of the molecule is CCc1cc(=O)n(CCNC(=O)c2c[nH]c(=O)n(-c3ccccc3F)c2=O)cn1. The summed E-state index contributed by atoms with van der Waals surface area (Å²) in [5, 5.41) is 2.50. The van der Waals surface area contributed by atoms with Crippen molar-refractivity contribution in [2.24, 2.45) is 0 Å². The van der Waals surface area contributed by atoms with E-state index in [-0.39, 0.29) is 29.9 Å². The molecule has 0 aliphatic rings. The molecule has 0 saturated heterocycles. The van der Waals surface area contributed by atoms with Gasteiger partial charge in [0.05, 0.1) is 12.0 Å². The molecule has 2 aromatic heterocycles. The van der Waals surface area contributed by atoms with E-state index in [1.165, 1.54) is 35.2 Å². The number of nitrogens with one attached hydrogen (secondary N) is 2. The summed E-state index contributed by atoms with van der Waals surface area (Å²) in [6.07, 6.45) is 2.99. The number of carbonyl (C=O) groups is 1. The van der Waals surface area contributed by atoms with Crippen LogP contribution in [0.3, 0.4) is 0 Å². The Morgan fingerprint density at radius 1 is 1.24 bits per heavy atom. The maximum absolute atomic E-state index is 14.0. The molecule has 2 N–H and O–H groups in total. The number of rotatable bonds is 6. The van der Waals surface area contributed by atoms with Gasteiger partial charge < -0.3 is 10.3 Å². The van der Waals surface area contributed by atoms with Gasteiger partial charge in [-0.15, -0.1) is 0 Å². The molecule has 150 valence electrons. The third kappa shape index (κ3) is 4.21. The van der Waals surface area contributed by atoms with Crippen LogP contribution in [0.15, 0.2) is 57.2 Å². The number of amides is 1. The van der Waals surface area contributed by atoms with Gasteiger partial charge in [-0.1, -0.05) is 19.1 Å². The summed E-state index contributed by atoms with van der Waals surface area (Å²) >= 11 is 0. The Labute approximate surface area is 163 Å². The van der Waals surface area contributed by atoms with Crippen molar-refractivity contribution in [3.63, 3.8) is 0 Å². The van der Waals surface area contributed by atoms with Crippen molar-refractivity contribution in [1.82, 2.24) is 24.4 Å². The number of hydrogen-bond donors (Lipinski definition) is 2. The second-order valence-electron chi connectivity index (χ2n) is 6.12. The maximum Gasteiger partial charge on any atom is 0.333 e. The number of halogens is 1. The summed E-state index contributed by atoms with van der Waals surface area (Å²) < 4.78 is 15.9. The maximum atomic E-state index is 14.0. The van der Waals surface area contributed by atoms with E-state index < -0.39 is 23.0 Å². The lowest BCUT2D eigenvalue weighted by atomic mass is 10.2. The molecule has 10 heteroatoms. The molecule has 0 fully saturated rings. The number of aromatic nitrogens is 4. The highest BCUT2D eigenvalue weighted by molar-refractivity contribution is 5.93. The quantitative estimate of drug-likeness (QED) is 0.614. The number of nitrogens with zero attached hydrogens (tertiary/aromatic N) is 3. The average Bonchev–Trinajstić information content (AvgIpc) is 2.70. The normalized spacial score (nSPS) is 10.7. The van der Waals surface area contributed by atoms with E-state index in [1.807, 2.05) is 6.92 Å². The molecule has 2 heterocycles. The molecule has 9 nitrogen and oxygen atoms in total. The fourth-order valence-corrected chi connectivity index (χ4v) is 2.70. The molecule has 0 unspecified atom stereocenters. The molecule has 0 spiro atoms. The summed E-state index contributed by atoms with van der Waals surface area (Å²) in [4.78, 5) is 55.3. The van der Waals surface area contributed by atoms with Gasteiger partial charge in [-0.2, -0.15) is 0 Å². The lowest BCUT2D eigenvalue weighted by Crippen LogP contribution is -2.40. The summed E-state index contributed by atoms with van der Waals surface area (Å²) in [6.45, 7) is 2.07. The van der Waals surface area contributed by atoms with E-state index in [0.29, 0.717) is 16.7 Å². The van der Waals surface area contributed by atoms with Crippen LogP contribution in [0.5, 0.6) is 0 Å². The van der Waals surface area contributed by atoms with Gasteiger partial charge in [-0.05, 0) is 18.6 Å². The van der Waals surface area contributed by atoms with Crippen molar-refractivity contribution in [3.05, 3.63) is 91.1 Å². The fourth-order valence-electron chi connectivity index (χ4n) is 2.70. The van der Waals surface area contributed by atoms with Gasteiger partial charge in [0.1, 0.15) is 11.4 Å². The zero-order valence-electron chi connectivity index (χ0n) is 15.5. The number of aromatic amines is 1. The predicted octanol–water partition coefficient (Wildman–Crippen LogP) is 0.214. The molecule has 0 saturated carbocycles. The van der Waals surface area contributed by atoms with Crippen molar-refractivity contribution in [3.8, 4) is 5.69 Å². The number of aryl methyl sites for hydroxylation is 1. The van der Waals surface area contributed by atoms with Crippen LogP contribution in [0.2, 0.25) is 0 Å². The second-order valence-corrected chi connectivity index (χ2v) is 6.12. The van der Waals surface area contributed by atoms with Gasteiger partial charge in [0.25, 0.3) is 17.0 Å². The average molecular weight is 399 g/mol. The number of H-pyrrole nitrogens is 1. The molecule has 0 atom stereocenters. The monoisotopic (exact) mass is 399 g/mol. The van der Waals surface area contributed by atoms with Crippen LogP contribution in [-0.4, -0.2) is 31.6 Å². The minimum Gasteiger partial charge on any atom is -0.350 e. The zero-order valence-corrected chi connectivity index (χ0v) is 15.5. The van der Waals surface area contributed by atoms with Crippen molar-refractivity contribution in [2.45, 2.75) is 19.9 Å². The molecule has 3 aromatic rings. The summed E-state index contributed by atoms with van der Waals surface area (Å²) in [6, 6.07) is 6.65. The third-order valence-corrected chi connectivity index (χ3v) is 4.25. The first-order chi connectivity index (χ1) is 13.9. The second kappa shape index (κ2) is 8.46. The molecule has 1 aromatic carbocycles. The largest absolute Gasteiger partial charge is 0.350 e. The minimum atomic E-state index is -0.956. The lowest BCUT2D eigenvalue weighted by molar-refractivity contribution is 0.0949. The Morgan fingerprint density at radius 3 is 2.69 bits per heavy atom. The molecule has 0 radical (unpaired) electrons. The van der Waals surface area contributed by atoms with Gasteiger partial charge in [0.15, 0.2) is 0 Å². The zero-order chi connectivity index (χ0) is 21.0. The van der Waals surface area contributed by atoms with E-state index >= 15 is 0 Å². The Balaban J connectivity index is 1.79. The third-order valence-electron chi connectivity index (χ3n) is 4.25. The van der Waals surface area contributed by atoms with Crippen LogP contribution in [-0.2, 0) is 13.0 Å². The van der Waals surface area contributed by atoms with Crippen molar-refractivity contribution in [1.29, 1.82) is 0 Å². The number of para-hydroxylation sites is 1. The van der Waals surface area contributed by atoms with Gasteiger partial charge in [0, 0.05) is 31.0 Å². The van der Waals surface area contributed by atoms with Crippen LogP contribution in [0.25, 0.3) is 5.69 Å². The number of hydrogen-bond acceptors (Lipinski definition) is 5. The van der Waals surface area contributed by atoms with Crippen molar-refractivity contribution >= 4 is 5.91 Å². The summed E-state index contributed by atoms with van der Waals surface area (Å²) in [5.41, 5.74) is -2.04. The van der Waals surface area contributed by atoms with E-state index in [4.69, 9.17) is 0 Å². The molecule has 29 heavy (non-hydrogen) atoms. The molecule has 0 bridgehead atoms. The highest BCUT2D eigenvalue weighted by atomic mass is 19.1. The first-order valence-electron chi connectivity index (χ1n) is 8.85. The molecule has 0 aliphatic carbocycles. The Kier molecular flexibility index (Phi) is 5.82. The standard InChI is InChI=1S/C19H18FN5O4/c1-2-12-9-16(26)24(11-23-12)8-7-21-17(27)13-10-22-19(29)25(18(13)28)15-6-4-3-5-14(15)20/h3-6,9-11H,2,7-8H2,1H3,(H,21,27)(H,22,29). The molecular formula is C19H18FN5O4. The number of benzene rings is 1. The van der Waals surface area contributed by atoms with E-state index in [9.17, 15) is 23.6 Å². The number of carbonyl (C=O) groups excluding carboxylic acids is 1. The van der Waals surface area contributed by atoms with Crippen LogP contribution < -0.4 is 22.1 Å². The molecule has 0 aliphatic heterocycles. The molecular weight excluding hydrogens is 381 g/mol. The minimum absolute atomic E-state index is 0.0458. The smallest absolute Gasteiger partial charge is 0.333 e. The molecule has 3 rings (SSSR count). The van der Waals surface area contributed by atoms with E-state index in [2.05, 4.69) is 15.3 Å². The Bertz CT molecular complexity index is 1230.